The van der Waals surface area contributed by atoms with Crippen LogP contribution < -0.4 is 0 Å². The van der Waals surface area contributed by atoms with Crippen LogP contribution in [-0.4, -0.2) is 35.7 Å². The summed E-state index contributed by atoms with van der Waals surface area (Å²) in [5.74, 6) is -1.09. The normalized spacial score (nSPS) is 10.9. The van der Waals surface area contributed by atoms with Crippen molar-refractivity contribution in [2.45, 2.75) is 58.3 Å². The molecule has 0 aromatic heterocycles. The zero-order chi connectivity index (χ0) is 15.2. The predicted octanol–water partition coefficient (Wildman–Crippen LogP) is 3.16. The third-order valence-electron chi connectivity index (χ3n) is 2.95. The van der Waals surface area contributed by atoms with Crippen molar-refractivity contribution in [2.75, 3.05) is 13.7 Å². The fraction of sp³-hybridized carbons (Fsp3) is 0.733. The highest BCUT2D eigenvalue weighted by Gasteiger charge is 2.10. The van der Waals surface area contributed by atoms with Gasteiger partial charge in [0.2, 0.25) is 0 Å². The molecular formula is C15H27NO4. The Kier molecular flexibility index (Phi) is 11.8. The minimum absolute atomic E-state index is 0.0360. The number of amides is 1. The molecule has 0 aliphatic heterocycles. The first-order valence-electron chi connectivity index (χ1n) is 7.35. The van der Waals surface area contributed by atoms with Gasteiger partial charge in [0.05, 0.1) is 7.11 Å². The van der Waals surface area contributed by atoms with Gasteiger partial charge in [0.15, 0.2) is 0 Å². The maximum absolute atomic E-state index is 11.8. The number of hydrogen-bond donors (Lipinski definition) is 1. The second kappa shape index (κ2) is 12.7. The number of carboxylic acid groups (broad SMARTS) is 1. The molecule has 0 heterocycles. The number of hydroxylamine groups is 2. The van der Waals surface area contributed by atoms with E-state index in [0.29, 0.717) is 13.0 Å². The molecule has 1 amide bonds. The molecule has 0 aliphatic rings. The van der Waals surface area contributed by atoms with Crippen LogP contribution in [0, 0.1) is 0 Å². The summed E-state index contributed by atoms with van der Waals surface area (Å²) in [6, 6.07) is 0. The van der Waals surface area contributed by atoms with Crippen molar-refractivity contribution in [1.82, 2.24) is 5.06 Å². The van der Waals surface area contributed by atoms with Gasteiger partial charge in [-0.05, 0) is 19.3 Å². The van der Waals surface area contributed by atoms with Gasteiger partial charge in [-0.15, -0.1) is 0 Å². The molecule has 5 nitrogen and oxygen atoms in total. The molecule has 0 radical (unpaired) electrons. The van der Waals surface area contributed by atoms with Gasteiger partial charge < -0.3 is 5.11 Å². The van der Waals surface area contributed by atoms with Crippen LogP contribution in [0.25, 0.3) is 0 Å². The maximum Gasteiger partial charge on any atom is 0.303 e. The molecular weight excluding hydrogens is 258 g/mol. The third-order valence-corrected chi connectivity index (χ3v) is 2.95. The molecule has 0 fully saturated rings. The summed E-state index contributed by atoms with van der Waals surface area (Å²) in [5, 5.41) is 9.73. The Balaban J connectivity index is 3.81. The third kappa shape index (κ3) is 10.6. The first-order valence-corrected chi connectivity index (χ1v) is 7.35. The lowest BCUT2D eigenvalue weighted by atomic mass is 10.1. The Morgan fingerprint density at radius 2 is 1.85 bits per heavy atom. The van der Waals surface area contributed by atoms with Gasteiger partial charge in [-0.25, -0.2) is 5.06 Å². The second-order valence-corrected chi connectivity index (χ2v) is 4.73. The zero-order valence-electron chi connectivity index (χ0n) is 12.6. The van der Waals surface area contributed by atoms with Crippen LogP contribution in [0.2, 0.25) is 0 Å². The van der Waals surface area contributed by atoms with E-state index in [9.17, 15) is 9.59 Å². The van der Waals surface area contributed by atoms with Crippen LogP contribution in [0.3, 0.4) is 0 Å². The summed E-state index contributed by atoms with van der Waals surface area (Å²) in [4.78, 5) is 27.1. The molecule has 5 heteroatoms. The SMILES string of the molecule is CCCCCCC/C=C/C(=O)N(CCCC(=O)O)OC. The number of aliphatic carboxylic acids is 1. The molecule has 0 aromatic rings. The summed E-state index contributed by atoms with van der Waals surface area (Å²) in [6.07, 6.45) is 10.7. The van der Waals surface area contributed by atoms with E-state index in [1.54, 1.807) is 0 Å². The smallest absolute Gasteiger partial charge is 0.303 e. The van der Waals surface area contributed by atoms with E-state index in [4.69, 9.17) is 9.94 Å². The lowest BCUT2D eigenvalue weighted by molar-refractivity contribution is -0.171. The van der Waals surface area contributed by atoms with Crippen LogP contribution in [0.5, 0.6) is 0 Å². The fourth-order valence-corrected chi connectivity index (χ4v) is 1.80. The van der Waals surface area contributed by atoms with Crippen molar-refractivity contribution in [2.24, 2.45) is 0 Å². The molecule has 0 atom stereocenters. The van der Waals surface area contributed by atoms with Crippen LogP contribution in [0.15, 0.2) is 12.2 Å². The zero-order valence-corrected chi connectivity index (χ0v) is 12.6. The highest BCUT2D eigenvalue weighted by molar-refractivity contribution is 5.86. The quantitative estimate of drug-likeness (QED) is 0.340. The average Bonchev–Trinajstić information content (AvgIpc) is 2.42. The standard InChI is InChI=1S/C15H27NO4/c1-3-4-5-6-7-8-9-11-14(17)16(20-2)13-10-12-15(18)19/h9,11H,3-8,10,12-13H2,1-2H3,(H,18,19)/b11-9+. The first-order chi connectivity index (χ1) is 9.61. The summed E-state index contributed by atoms with van der Waals surface area (Å²) >= 11 is 0. The molecule has 0 unspecified atom stereocenters. The number of allylic oxidation sites excluding steroid dienone is 1. The topological polar surface area (TPSA) is 66.8 Å². The molecule has 116 valence electrons. The largest absolute Gasteiger partial charge is 0.481 e. The van der Waals surface area contributed by atoms with Gasteiger partial charge in [-0.3, -0.25) is 14.4 Å². The van der Waals surface area contributed by atoms with Crippen molar-refractivity contribution < 1.29 is 19.5 Å². The fourth-order valence-electron chi connectivity index (χ4n) is 1.80. The van der Waals surface area contributed by atoms with Crippen molar-refractivity contribution in [1.29, 1.82) is 0 Å². The molecule has 0 saturated carbocycles. The van der Waals surface area contributed by atoms with E-state index in [2.05, 4.69) is 6.92 Å². The highest BCUT2D eigenvalue weighted by Crippen LogP contribution is 2.06. The van der Waals surface area contributed by atoms with Crippen LogP contribution in [-0.2, 0) is 14.4 Å². The van der Waals surface area contributed by atoms with Gasteiger partial charge >= 0.3 is 5.97 Å². The van der Waals surface area contributed by atoms with E-state index in [-0.39, 0.29) is 12.3 Å². The highest BCUT2D eigenvalue weighted by atomic mass is 16.7. The minimum atomic E-state index is -0.865. The van der Waals surface area contributed by atoms with Crippen molar-refractivity contribution in [3.63, 3.8) is 0 Å². The van der Waals surface area contributed by atoms with Crippen LogP contribution in [0.1, 0.15) is 58.3 Å². The van der Waals surface area contributed by atoms with Gasteiger partial charge in [-0.2, -0.15) is 0 Å². The lowest BCUT2D eigenvalue weighted by Crippen LogP contribution is -2.29. The molecule has 0 rings (SSSR count). The molecule has 0 aromatic carbocycles. The Morgan fingerprint density at radius 1 is 1.15 bits per heavy atom. The van der Waals surface area contributed by atoms with Gasteiger partial charge in [0.25, 0.3) is 5.91 Å². The average molecular weight is 285 g/mol. The minimum Gasteiger partial charge on any atom is -0.481 e. The molecule has 0 bridgehead atoms. The maximum atomic E-state index is 11.8. The lowest BCUT2D eigenvalue weighted by Gasteiger charge is -2.17. The van der Waals surface area contributed by atoms with E-state index in [0.717, 1.165) is 12.8 Å². The number of unbranched alkanes of at least 4 members (excludes halogenated alkanes) is 5. The first kappa shape index (κ1) is 18.6. The van der Waals surface area contributed by atoms with E-state index < -0.39 is 5.97 Å². The van der Waals surface area contributed by atoms with E-state index in [1.807, 2.05) is 6.08 Å². The Labute approximate surface area is 121 Å². The van der Waals surface area contributed by atoms with Crippen molar-refractivity contribution in [3.05, 3.63) is 12.2 Å². The number of rotatable bonds is 12. The van der Waals surface area contributed by atoms with Crippen LogP contribution >= 0.6 is 0 Å². The van der Waals surface area contributed by atoms with Crippen molar-refractivity contribution >= 4 is 11.9 Å². The van der Waals surface area contributed by atoms with E-state index >= 15 is 0 Å². The van der Waals surface area contributed by atoms with Crippen molar-refractivity contribution in [3.8, 4) is 0 Å². The van der Waals surface area contributed by atoms with Crippen LogP contribution in [0.4, 0.5) is 0 Å². The molecule has 0 saturated heterocycles. The second-order valence-electron chi connectivity index (χ2n) is 4.73. The predicted molar refractivity (Wildman–Crippen MR) is 78.1 cm³/mol. The van der Waals surface area contributed by atoms with E-state index in [1.165, 1.54) is 43.9 Å². The summed E-state index contributed by atoms with van der Waals surface area (Å²) < 4.78 is 0. The Bertz CT molecular complexity index is 302. The molecule has 1 N–H and O–H groups in total. The number of carbonyl (C=O) groups is 2. The number of carbonyl (C=O) groups excluding carboxylic acids is 1. The summed E-state index contributed by atoms with van der Waals surface area (Å²) in [7, 11) is 1.41. The van der Waals surface area contributed by atoms with Gasteiger partial charge in [0.1, 0.15) is 0 Å². The number of hydrogen-bond acceptors (Lipinski definition) is 3. The summed E-state index contributed by atoms with van der Waals surface area (Å²) in [6.45, 7) is 2.48. The van der Waals surface area contributed by atoms with Gasteiger partial charge in [0, 0.05) is 19.0 Å². The number of nitrogens with zero attached hydrogens (tertiary/aromatic N) is 1. The molecule has 0 aliphatic carbocycles. The Hall–Kier alpha value is -1.36. The summed E-state index contributed by atoms with van der Waals surface area (Å²) in [5.41, 5.74) is 0. The molecule has 20 heavy (non-hydrogen) atoms. The number of carboxylic acids is 1. The monoisotopic (exact) mass is 285 g/mol. The Morgan fingerprint density at radius 3 is 2.45 bits per heavy atom. The molecule has 0 spiro atoms. The van der Waals surface area contributed by atoms with Gasteiger partial charge in [-0.1, -0.05) is 38.7 Å².